The smallest absolute Gasteiger partial charge is 0.222 e. The van der Waals surface area contributed by atoms with E-state index >= 15 is 0 Å². The zero-order chi connectivity index (χ0) is 13.6. The molecule has 1 aromatic rings. The Hall–Kier alpha value is -0.880. The molecule has 0 spiro atoms. The van der Waals surface area contributed by atoms with Gasteiger partial charge in [0.1, 0.15) is 0 Å². The van der Waals surface area contributed by atoms with Crippen LogP contribution in [-0.2, 0) is 18.4 Å². The van der Waals surface area contributed by atoms with Crippen LogP contribution in [0, 0.1) is 6.92 Å². The summed E-state index contributed by atoms with van der Waals surface area (Å²) in [5.74, 6) is 0.335. The third-order valence-corrected chi connectivity index (χ3v) is 5.25. The largest absolute Gasteiger partial charge is 0.337 e. The minimum Gasteiger partial charge on any atom is -0.337 e. The summed E-state index contributed by atoms with van der Waals surface area (Å²) in [6, 6.07) is 0.425. The molecule has 19 heavy (non-hydrogen) atoms. The van der Waals surface area contributed by atoms with Gasteiger partial charge in [-0.15, -0.1) is 0 Å². The fourth-order valence-electron chi connectivity index (χ4n) is 3.14. The number of nitrogens with zero attached hydrogens (tertiary/aromatic N) is 4. The average molecular weight is 327 g/mol. The quantitative estimate of drug-likeness (QED) is 0.822. The molecule has 0 radical (unpaired) electrons. The van der Waals surface area contributed by atoms with Gasteiger partial charge in [0.15, 0.2) is 0 Å². The number of aromatic nitrogens is 2. The van der Waals surface area contributed by atoms with Gasteiger partial charge < -0.3 is 4.90 Å². The van der Waals surface area contributed by atoms with Crippen molar-refractivity contribution >= 4 is 21.8 Å². The number of carbonyl (C=O) groups excluding carboxylic acids is 1. The van der Waals surface area contributed by atoms with E-state index in [2.05, 4.69) is 30.8 Å². The van der Waals surface area contributed by atoms with Gasteiger partial charge in [0.25, 0.3) is 0 Å². The summed E-state index contributed by atoms with van der Waals surface area (Å²) in [4.78, 5) is 16.2. The Morgan fingerprint density at radius 2 is 2.21 bits per heavy atom. The molecule has 6 heteroatoms. The zero-order valence-electron chi connectivity index (χ0n) is 11.4. The maximum Gasteiger partial charge on any atom is 0.222 e. The SMILES string of the molecule is Cc1nn(C)c(CN2CCN3C(=O)CCC3C2)c1Br. The fraction of sp³-hybridized carbons (Fsp3) is 0.692. The molecule has 0 saturated carbocycles. The van der Waals surface area contributed by atoms with Crippen molar-refractivity contribution in [1.29, 1.82) is 0 Å². The second-order valence-corrected chi connectivity index (χ2v) is 6.28. The van der Waals surface area contributed by atoms with Gasteiger partial charge in [-0.05, 0) is 29.3 Å². The lowest BCUT2D eigenvalue weighted by Crippen LogP contribution is -2.51. The molecule has 2 aliphatic rings. The molecule has 1 amide bonds. The summed E-state index contributed by atoms with van der Waals surface area (Å²) >= 11 is 3.62. The number of halogens is 1. The van der Waals surface area contributed by atoms with Gasteiger partial charge >= 0.3 is 0 Å². The molecule has 2 fully saturated rings. The van der Waals surface area contributed by atoms with Gasteiger partial charge in [-0.2, -0.15) is 5.10 Å². The molecule has 2 saturated heterocycles. The van der Waals surface area contributed by atoms with Crippen LogP contribution in [0.2, 0.25) is 0 Å². The van der Waals surface area contributed by atoms with Gasteiger partial charge in [0.05, 0.1) is 15.9 Å². The van der Waals surface area contributed by atoms with Gasteiger partial charge in [-0.1, -0.05) is 0 Å². The number of aryl methyl sites for hydroxylation is 2. The third kappa shape index (κ3) is 2.31. The monoisotopic (exact) mass is 326 g/mol. The topological polar surface area (TPSA) is 41.4 Å². The Morgan fingerprint density at radius 1 is 1.42 bits per heavy atom. The molecule has 5 nitrogen and oxygen atoms in total. The summed E-state index contributed by atoms with van der Waals surface area (Å²) < 4.78 is 3.06. The maximum absolute atomic E-state index is 11.7. The van der Waals surface area contributed by atoms with Crippen molar-refractivity contribution in [3.8, 4) is 0 Å². The van der Waals surface area contributed by atoms with Crippen LogP contribution in [0.3, 0.4) is 0 Å². The zero-order valence-corrected chi connectivity index (χ0v) is 13.0. The van der Waals surface area contributed by atoms with E-state index in [1.807, 2.05) is 18.7 Å². The van der Waals surface area contributed by atoms with Crippen molar-refractivity contribution in [3.05, 3.63) is 15.9 Å². The van der Waals surface area contributed by atoms with Crippen LogP contribution in [0.4, 0.5) is 0 Å². The minimum absolute atomic E-state index is 0.335. The van der Waals surface area contributed by atoms with Crippen LogP contribution >= 0.6 is 15.9 Å². The second-order valence-electron chi connectivity index (χ2n) is 5.48. The van der Waals surface area contributed by atoms with Crippen LogP contribution < -0.4 is 0 Å². The van der Waals surface area contributed by atoms with E-state index in [4.69, 9.17) is 0 Å². The van der Waals surface area contributed by atoms with E-state index in [0.29, 0.717) is 11.9 Å². The molecular weight excluding hydrogens is 308 g/mol. The van der Waals surface area contributed by atoms with Crippen molar-refractivity contribution in [2.24, 2.45) is 7.05 Å². The molecule has 1 aromatic heterocycles. The van der Waals surface area contributed by atoms with Crippen molar-refractivity contribution in [2.45, 2.75) is 32.4 Å². The van der Waals surface area contributed by atoms with Crippen LogP contribution in [0.15, 0.2) is 4.47 Å². The van der Waals surface area contributed by atoms with Crippen LogP contribution in [-0.4, -0.2) is 51.2 Å². The number of amides is 1. The molecule has 1 atom stereocenters. The highest BCUT2D eigenvalue weighted by Crippen LogP contribution is 2.26. The standard InChI is InChI=1S/C13H19BrN4O/c1-9-13(14)11(16(2)15-9)8-17-5-6-18-10(7-17)3-4-12(18)19/h10H,3-8H2,1-2H3. The summed E-state index contributed by atoms with van der Waals surface area (Å²) in [5.41, 5.74) is 2.25. The Morgan fingerprint density at radius 3 is 2.89 bits per heavy atom. The van der Waals surface area contributed by atoms with Crippen molar-refractivity contribution in [2.75, 3.05) is 19.6 Å². The predicted octanol–water partition coefficient (Wildman–Crippen LogP) is 1.30. The third-order valence-electron chi connectivity index (χ3n) is 4.21. The van der Waals surface area contributed by atoms with Crippen LogP contribution in [0.25, 0.3) is 0 Å². The highest BCUT2D eigenvalue weighted by Gasteiger charge is 2.35. The van der Waals surface area contributed by atoms with Crippen molar-refractivity contribution in [1.82, 2.24) is 19.6 Å². The number of fused-ring (bicyclic) bond motifs is 1. The molecule has 0 aliphatic carbocycles. The van der Waals surface area contributed by atoms with E-state index in [-0.39, 0.29) is 0 Å². The summed E-state index contributed by atoms with van der Waals surface area (Å²) in [6.07, 6.45) is 1.74. The fourth-order valence-corrected chi connectivity index (χ4v) is 3.60. The van der Waals surface area contributed by atoms with E-state index < -0.39 is 0 Å². The summed E-state index contributed by atoms with van der Waals surface area (Å²) in [5, 5.41) is 4.43. The normalized spacial score (nSPS) is 24.1. The molecular formula is C13H19BrN4O. The number of carbonyl (C=O) groups is 1. The van der Waals surface area contributed by atoms with Crippen LogP contribution in [0.1, 0.15) is 24.2 Å². The van der Waals surface area contributed by atoms with Crippen LogP contribution in [0.5, 0.6) is 0 Å². The number of piperazine rings is 1. The highest BCUT2D eigenvalue weighted by atomic mass is 79.9. The maximum atomic E-state index is 11.7. The first-order chi connectivity index (χ1) is 9.06. The first-order valence-corrected chi connectivity index (χ1v) is 7.55. The molecule has 104 valence electrons. The van der Waals surface area contributed by atoms with E-state index in [9.17, 15) is 4.79 Å². The van der Waals surface area contributed by atoms with Gasteiger partial charge in [0.2, 0.25) is 5.91 Å². The lowest BCUT2D eigenvalue weighted by atomic mass is 10.1. The van der Waals surface area contributed by atoms with Gasteiger partial charge in [-0.3, -0.25) is 14.4 Å². The molecule has 2 aliphatic heterocycles. The summed E-state index contributed by atoms with van der Waals surface area (Å²) in [7, 11) is 1.99. The average Bonchev–Trinajstić information content (AvgIpc) is 2.86. The Balaban J connectivity index is 1.70. The Kier molecular flexibility index (Phi) is 3.39. The molecule has 3 heterocycles. The molecule has 3 rings (SSSR count). The van der Waals surface area contributed by atoms with Gasteiger partial charge in [-0.25, -0.2) is 0 Å². The summed E-state index contributed by atoms with van der Waals surface area (Å²) in [6.45, 7) is 5.73. The molecule has 0 aromatic carbocycles. The van der Waals surface area contributed by atoms with Crippen molar-refractivity contribution in [3.63, 3.8) is 0 Å². The molecule has 0 N–H and O–H groups in total. The number of hydrogen-bond acceptors (Lipinski definition) is 3. The minimum atomic E-state index is 0.335. The lowest BCUT2D eigenvalue weighted by molar-refractivity contribution is -0.130. The molecule has 1 unspecified atom stereocenters. The van der Waals surface area contributed by atoms with E-state index in [0.717, 1.165) is 49.2 Å². The Bertz CT molecular complexity index is 513. The highest BCUT2D eigenvalue weighted by molar-refractivity contribution is 9.10. The van der Waals surface area contributed by atoms with Crippen molar-refractivity contribution < 1.29 is 4.79 Å². The van der Waals surface area contributed by atoms with E-state index in [1.165, 1.54) is 5.69 Å². The first-order valence-electron chi connectivity index (χ1n) is 6.76. The Labute approximate surface area is 121 Å². The predicted molar refractivity (Wildman–Crippen MR) is 75.7 cm³/mol. The number of hydrogen-bond donors (Lipinski definition) is 0. The van der Waals surface area contributed by atoms with E-state index in [1.54, 1.807) is 0 Å². The first kappa shape index (κ1) is 13.1. The number of rotatable bonds is 2. The lowest BCUT2D eigenvalue weighted by Gasteiger charge is -2.37. The van der Waals surface area contributed by atoms with Gasteiger partial charge in [0, 0.05) is 45.7 Å². The molecule has 0 bridgehead atoms. The second kappa shape index (κ2) is 4.90.